The first-order chi connectivity index (χ1) is 3.35. The Kier molecular flexibility index (Phi) is 12.5. The van der Waals surface area contributed by atoms with Crippen molar-refractivity contribution in [3.63, 3.8) is 0 Å². The summed E-state index contributed by atoms with van der Waals surface area (Å²) in [5.41, 5.74) is 0. The maximum Gasteiger partial charge on any atom is 0.316 e. The highest BCUT2D eigenvalue weighted by Crippen LogP contribution is 2.01. The quantitative estimate of drug-likeness (QED) is 0.523. The van der Waals surface area contributed by atoms with E-state index in [0.29, 0.717) is 0 Å². The van der Waals surface area contributed by atoms with Crippen LogP contribution >= 0.6 is 0 Å². The Balaban J connectivity index is 0. The average Bonchev–Trinajstić information content (AvgIpc) is 1.72. The van der Waals surface area contributed by atoms with Crippen LogP contribution in [0.3, 0.4) is 0 Å². The minimum atomic E-state index is -0.171. The summed E-state index contributed by atoms with van der Waals surface area (Å²) in [7, 11) is 0. The molecule has 0 saturated carbocycles. The van der Waals surface area contributed by atoms with Crippen molar-refractivity contribution in [2.24, 2.45) is 0 Å². The van der Waals surface area contributed by atoms with Crippen molar-refractivity contribution in [2.45, 2.75) is 36.6 Å². The zero-order valence-corrected chi connectivity index (χ0v) is 6.85. The van der Waals surface area contributed by atoms with E-state index in [-0.39, 0.29) is 37.2 Å². The van der Waals surface area contributed by atoms with E-state index >= 15 is 0 Å². The van der Waals surface area contributed by atoms with Crippen LogP contribution in [0.25, 0.3) is 0 Å². The van der Waals surface area contributed by atoms with E-state index in [4.69, 9.17) is 0 Å². The standard InChI is InChI=1S/3C2H5.Al.Mg.2H/c3*1-2;;;;/h3*1H2,2H3;;;;. The summed E-state index contributed by atoms with van der Waals surface area (Å²) in [4.78, 5) is 0. The molecule has 0 aromatic heterocycles. The fourth-order valence-electron chi connectivity index (χ4n) is 0.866. The predicted octanol–water partition coefficient (Wildman–Crippen LogP) is 1.62. The van der Waals surface area contributed by atoms with E-state index in [9.17, 15) is 0 Å². The number of hydrogen-bond acceptors (Lipinski definition) is 0. The van der Waals surface area contributed by atoms with Crippen molar-refractivity contribution in [2.75, 3.05) is 0 Å². The van der Waals surface area contributed by atoms with Crippen molar-refractivity contribution in [1.29, 1.82) is 0 Å². The molecular formula is C6H17AlMg. The van der Waals surface area contributed by atoms with Gasteiger partial charge < -0.3 is 0 Å². The van der Waals surface area contributed by atoms with Crippen LogP contribution in [-0.2, 0) is 0 Å². The lowest BCUT2D eigenvalue weighted by molar-refractivity contribution is 1.24. The van der Waals surface area contributed by atoms with Gasteiger partial charge in [0, 0.05) is 0 Å². The number of rotatable bonds is 3. The van der Waals surface area contributed by atoms with Crippen molar-refractivity contribution in [1.82, 2.24) is 0 Å². The van der Waals surface area contributed by atoms with Gasteiger partial charge in [-0.3, -0.25) is 0 Å². The lowest BCUT2D eigenvalue weighted by Gasteiger charge is -1.97. The second kappa shape index (κ2) is 8.30. The van der Waals surface area contributed by atoms with Crippen LogP contribution in [0.15, 0.2) is 0 Å². The van der Waals surface area contributed by atoms with Crippen LogP contribution in [0, 0.1) is 0 Å². The maximum atomic E-state index is 2.32. The van der Waals surface area contributed by atoms with Crippen LogP contribution < -0.4 is 0 Å². The normalized spacial score (nSPS) is 7.88. The van der Waals surface area contributed by atoms with Crippen LogP contribution in [0.5, 0.6) is 0 Å². The second-order valence-electron chi connectivity index (χ2n) is 2.09. The molecule has 0 nitrogen and oxygen atoms in total. The molecule has 0 aliphatic rings. The highest BCUT2D eigenvalue weighted by Gasteiger charge is 2.05. The molecule has 0 aliphatic carbocycles. The average molecular weight is 140 g/mol. The third-order valence-electron chi connectivity index (χ3n) is 1.73. The molecule has 0 bridgehead atoms. The summed E-state index contributed by atoms with van der Waals surface area (Å²) < 4.78 is 0. The Morgan fingerprint density at radius 3 is 1.12 bits per heavy atom. The molecule has 0 amide bonds. The van der Waals surface area contributed by atoms with Gasteiger partial charge in [0.1, 0.15) is 0 Å². The molecule has 2 heteroatoms. The van der Waals surface area contributed by atoms with Gasteiger partial charge in [-0.15, -0.1) is 0 Å². The maximum absolute atomic E-state index is 2.32. The van der Waals surface area contributed by atoms with Gasteiger partial charge in [-0.2, -0.15) is 0 Å². The fourth-order valence-corrected chi connectivity index (χ4v) is 2.60. The SMILES string of the molecule is C[CH2][Al]([CH2]C)[CH2]C.[MgH2]. The summed E-state index contributed by atoms with van der Waals surface area (Å²) in [5, 5.41) is 4.48. The first-order valence-electron chi connectivity index (χ1n) is 3.35. The van der Waals surface area contributed by atoms with Gasteiger partial charge in [-0.1, -0.05) is 36.6 Å². The lowest BCUT2D eigenvalue weighted by atomic mass is 10.9. The van der Waals surface area contributed by atoms with Gasteiger partial charge in [0.15, 0.2) is 0 Å². The third-order valence-corrected chi connectivity index (χ3v) is 5.20. The fraction of sp³-hybridized carbons (Fsp3) is 1.00. The summed E-state index contributed by atoms with van der Waals surface area (Å²) >= 11 is -0.171. The van der Waals surface area contributed by atoms with Gasteiger partial charge in [0.25, 0.3) is 14.1 Å². The zero-order valence-electron chi connectivity index (χ0n) is 5.70. The predicted molar refractivity (Wildman–Crippen MR) is 45.7 cm³/mol. The highest BCUT2D eigenvalue weighted by molar-refractivity contribution is 6.58. The minimum Gasteiger partial charge on any atom is -0.0967 e. The van der Waals surface area contributed by atoms with Gasteiger partial charge in [-0.05, 0) is 0 Å². The van der Waals surface area contributed by atoms with E-state index < -0.39 is 0 Å². The van der Waals surface area contributed by atoms with Crippen LogP contribution in [0.4, 0.5) is 0 Å². The first kappa shape index (κ1) is 12.0. The Hall–Kier alpha value is 1.30. The van der Waals surface area contributed by atoms with E-state index in [0.717, 1.165) is 0 Å². The number of hydrogen-bond donors (Lipinski definition) is 0. The van der Waals surface area contributed by atoms with Gasteiger partial charge in [0.05, 0.1) is 0 Å². The van der Waals surface area contributed by atoms with Gasteiger partial charge in [0.2, 0.25) is 0 Å². The third kappa shape index (κ3) is 5.44. The molecule has 46 valence electrons. The molecule has 0 radical (unpaired) electrons. The van der Waals surface area contributed by atoms with Crippen LogP contribution in [0.1, 0.15) is 20.8 Å². The molecule has 0 heterocycles. The molecular weight excluding hydrogens is 123 g/mol. The van der Waals surface area contributed by atoms with Crippen molar-refractivity contribution >= 4 is 37.2 Å². The van der Waals surface area contributed by atoms with E-state index in [1.807, 2.05) is 0 Å². The molecule has 8 heavy (non-hydrogen) atoms. The lowest BCUT2D eigenvalue weighted by Crippen LogP contribution is -2.04. The Labute approximate surface area is 73.6 Å². The molecule has 0 spiro atoms. The smallest absolute Gasteiger partial charge is 0.0967 e. The molecule has 0 N–H and O–H groups in total. The molecule has 0 aromatic carbocycles. The molecule has 0 fully saturated rings. The van der Waals surface area contributed by atoms with Crippen LogP contribution in [0.2, 0.25) is 15.8 Å². The Morgan fingerprint density at radius 1 is 0.875 bits per heavy atom. The summed E-state index contributed by atoms with van der Waals surface area (Å²) in [6, 6.07) is 0. The monoisotopic (exact) mass is 140 g/mol. The Bertz CT molecular complexity index is 30.0. The van der Waals surface area contributed by atoms with E-state index in [2.05, 4.69) is 20.8 Å². The van der Waals surface area contributed by atoms with E-state index in [1.165, 1.54) is 15.8 Å². The molecule has 0 unspecified atom stereocenters. The summed E-state index contributed by atoms with van der Waals surface area (Å²) in [5.74, 6) is 0. The highest BCUT2D eigenvalue weighted by atomic mass is 27.2. The van der Waals surface area contributed by atoms with Crippen molar-refractivity contribution in [3.05, 3.63) is 0 Å². The van der Waals surface area contributed by atoms with E-state index in [1.54, 1.807) is 0 Å². The molecule has 0 aliphatic heterocycles. The Morgan fingerprint density at radius 2 is 1.12 bits per heavy atom. The van der Waals surface area contributed by atoms with Crippen LogP contribution in [-0.4, -0.2) is 37.2 Å². The van der Waals surface area contributed by atoms with Crippen molar-refractivity contribution < 1.29 is 0 Å². The minimum absolute atomic E-state index is 0. The zero-order chi connectivity index (χ0) is 5.70. The van der Waals surface area contributed by atoms with Crippen molar-refractivity contribution in [3.8, 4) is 0 Å². The molecule has 0 aromatic rings. The first-order valence-corrected chi connectivity index (χ1v) is 5.80. The topological polar surface area (TPSA) is 0 Å². The molecule has 0 rings (SSSR count). The summed E-state index contributed by atoms with van der Waals surface area (Å²) in [6.07, 6.45) is 0. The second-order valence-corrected chi connectivity index (χ2v) is 6.27. The van der Waals surface area contributed by atoms with Gasteiger partial charge in [-0.25, -0.2) is 0 Å². The molecule has 0 saturated heterocycles. The molecule has 0 atom stereocenters. The largest absolute Gasteiger partial charge is 0.316 e. The summed E-state index contributed by atoms with van der Waals surface area (Å²) in [6.45, 7) is 6.97. The van der Waals surface area contributed by atoms with Gasteiger partial charge >= 0.3 is 23.1 Å².